The lowest BCUT2D eigenvalue weighted by molar-refractivity contribution is 0.101. The summed E-state index contributed by atoms with van der Waals surface area (Å²) in [5.74, 6) is -0.0320. The molecular formula is C16H17ClN2O. The second kappa shape index (κ2) is 5.97. The molecule has 0 aliphatic rings. The van der Waals surface area contributed by atoms with Crippen LogP contribution in [0.4, 0.5) is 11.4 Å². The van der Waals surface area contributed by atoms with E-state index in [0.29, 0.717) is 17.8 Å². The molecule has 0 heterocycles. The molecule has 0 aromatic heterocycles. The number of nitrogens with zero attached hydrogens (tertiary/aromatic N) is 1. The van der Waals surface area contributed by atoms with Gasteiger partial charge in [-0.15, -0.1) is 0 Å². The summed E-state index contributed by atoms with van der Waals surface area (Å²) in [7, 11) is 1.96. The van der Waals surface area contributed by atoms with E-state index in [1.807, 2.05) is 48.3 Å². The lowest BCUT2D eigenvalue weighted by atomic mass is 10.1. The number of nitrogen functional groups attached to an aromatic ring is 1. The van der Waals surface area contributed by atoms with Crippen molar-refractivity contribution in [3.05, 3.63) is 58.6 Å². The molecule has 20 heavy (non-hydrogen) atoms. The second-order valence-corrected chi connectivity index (χ2v) is 5.18. The van der Waals surface area contributed by atoms with E-state index in [1.54, 1.807) is 6.07 Å². The molecule has 0 saturated heterocycles. The average Bonchev–Trinajstić information content (AvgIpc) is 2.41. The number of rotatable bonds is 4. The predicted octanol–water partition coefficient (Wildman–Crippen LogP) is 3.76. The maximum Gasteiger partial charge on any atom is 0.161 e. The summed E-state index contributed by atoms with van der Waals surface area (Å²) < 4.78 is 0. The third kappa shape index (κ3) is 3.11. The maximum atomic E-state index is 11.5. The molecule has 104 valence electrons. The SMILES string of the molecule is CC(=O)c1cc(N(C)Cc2ccccc2Cl)ccc1N. The van der Waals surface area contributed by atoms with Gasteiger partial charge in [-0.1, -0.05) is 29.8 Å². The number of nitrogens with two attached hydrogens (primary N) is 1. The molecule has 2 N–H and O–H groups in total. The highest BCUT2D eigenvalue weighted by Gasteiger charge is 2.10. The molecule has 0 fully saturated rings. The normalized spacial score (nSPS) is 10.3. The first-order chi connectivity index (χ1) is 9.49. The van der Waals surface area contributed by atoms with E-state index < -0.39 is 0 Å². The number of hydrogen-bond donors (Lipinski definition) is 1. The first-order valence-corrected chi connectivity index (χ1v) is 6.72. The van der Waals surface area contributed by atoms with Gasteiger partial charge < -0.3 is 10.6 Å². The molecule has 0 saturated carbocycles. The molecule has 0 aliphatic carbocycles. The molecule has 2 rings (SSSR count). The van der Waals surface area contributed by atoms with Gasteiger partial charge in [0, 0.05) is 35.6 Å². The predicted molar refractivity (Wildman–Crippen MR) is 84.4 cm³/mol. The summed E-state index contributed by atoms with van der Waals surface area (Å²) in [6.07, 6.45) is 0. The number of halogens is 1. The monoisotopic (exact) mass is 288 g/mol. The average molecular weight is 289 g/mol. The van der Waals surface area contributed by atoms with Crippen molar-refractivity contribution in [3.8, 4) is 0 Å². The highest BCUT2D eigenvalue weighted by atomic mass is 35.5. The first-order valence-electron chi connectivity index (χ1n) is 6.34. The van der Waals surface area contributed by atoms with Crippen LogP contribution in [0.25, 0.3) is 0 Å². The Morgan fingerprint density at radius 1 is 1.25 bits per heavy atom. The minimum atomic E-state index is -0.0320. The summed E-state index contributed by atoms with van der Waals surface area (Å²) in [5.41, 5.74) is 8.84. The number of hydrogen-bond acceptors (Lipinski definition) is 3. The zero-order valence-electron chi connectivity index (χ0n) is 11.6. The molecule has 3 nitrogen and oxygen atoms in total. The Morgan fingerprint density at radius 3 is 2.60 bits per heavy atom. The van der Waals surface area contributed by atoms with Crippen molar-refractivity contribution in [2.75, 3.05) is 17.7 Å². The van der Waals surface area contributed by atoms with Crippen LogP contribution in [-0.4, -0.2) is 12.8 Å². The quantitative estimate of drug-likeness (QED) is 0.688. The zero-order valence-corrected chi connectivity index (χ0v) is 12.3. The Kier molecular flexibility index (Phi) is 4.30. The summed E-state index contributed by atoms with van der Waals surface area (Å²) >= 11 is 6.16. The molecule has 0 bridgehead atoms. The number of carbonyl (C=O) groups excluding carboxylic acids is 1. The van der Waals surface area contributed by atoms with E-state index in [2.05, 4.69) is 0 Å². The molecule has 2 aromatic rings. The van der Waals surface area contributed by atoms with E-state index >= 15 is 0 Å². The fraction of sp³-hybridized carbons (Fsp3) is 0.188. The van der Waals surface area contributed by atoms with Crippen LogP contribution in [0.15, 0.2) is 42.5 Å². The Hall–Kier alpha value is -2.00. The summed E-state index contributed by atoms with van der Waals surface area (Å²) in [6.45, 7) is 2.18. The van der Waals surface area contributed by atoms with Gasteiger partial charge in [-0.05, 0) is 36.8 Å². The van der Waals surface area contributed by atoms with Gasteiger partial charge in [-0.25, -0.2) is 0 Å². The fourth-order valence-corrected chi connectivity index (χ4v) is 2.26. The third-order valence-electron chi connectivity index (χ3n) is 3.22. The molecule has 0 aliphatic heterocycles. The van der Waals surface area contributed by atoms with Gasteiger partial charge in [-0.3, -0.25) is 4.79 Å². The highest BCUT2D eigenvalue weighted by molar-refractivity contribution is 6.31. The third-order valence-corrected chi connectivity index (χ3v) is 3.59. The van der Waals surface area contributed by atoms with Crippen LogP contribution in [0.3, 0.4) is 0 Å². The second-order valence-electron chi connectivity index (χ2n) is 4.78. The molecule has 0 unspecified atom stereocenters. The first kappa shape index (κ1) is 14.4. The molecule has 0 amide bonds. The van der Waals surface area contributed by atoms with Crippen molar-refractivity contribution in [2.24, 2.45) is 0 Å². The summed E-state index contributed by atoms with van der Waals surface area (Å²) in [5, 5.41) is 0.738. The molecular weight excluding hydrogens is 272 g/mol. The standard InChI is InChI=1S/C16H17ClN2O/c1-11(20)14-9-13(7-8-16(14)18)19(2)10-12-5-3-4-6-15(12)17/h3-9H,10,18H2,1-2H3. The molecule has 4 heteroatoms. The summed E-state index contributed by atoms with van der Waals surface area (Å²) in [6, 6.07) is 13.2. The van der Waals surface area contributed by atoms with E-state index in [-0.39, 0.29) is 5.78 Å². The van der Waals surface area contributed by atoms with Gasteiger partial charge in [0.2, 0.25) is 0 Å². The lowest BCUT2D eigenvalue weighted by Crippen LogP contribution is -2.17. The topological polar surface area (TPSA) is 46.3 Å². The number of ketones is 1. The van der Waals surface area contributed by atoms with Crippen molar-refractivity contribution < 1.29 is 4.79 Å². The zero-order chi connectivity index (χ0) is 14.7. The van der Waals surface area contributed by atoms with Crippen LogP contribution in [0.2, 0.25) is 5.02 Å². The molecule has 0 spiro atoms. The van der Waals surface area contributed by atoms with Crippen LogP contribution in [0, 0.1) is 0 Å². The van der Waals surface area contributed by atoms with Crippen molar-refractivity contribution in [3.63, 3.8) is 0 Å². The molecule has 2 aromatic carbocycles. The van der Waals surface area contributed by atoms with Crippen molar-refractivity contribution in [1.29, 1.82) is 0 Å². The van der Waals surface area contributed by atoms with Gasteiger partial charge in [0.25, 0.3) is 0 Å². The van der Waals surface area contributed by atoms with Crippen LogP contribution in [0.1, 0.15) is 22.8 Å². The molecule has 0 radical (unpaired) electrons. The number of carbonyl (C=O) groups is 1. The van der Waals surface area contributed by atoms with E-state index in [9.17, 15) is 4.79 Å². The van der Waals surface area contributed by atoms with Crippen LogP contribution in [-0.2, 0) is 6.54 Å². The Balaban J connectivity index is 2.26. The van der Waals surface area contributed by atoms with Crippen molar-refractivity contribution in [1.82, 2.24) is 0 Å². The minimum absolute atomic E-state index is 0.0320. The van der Waals surface area contributed by atoms with E-state index in [4.69, 9.17) is 17.3 Å². The molecule has 0 atom stereocenters. The van der Waals surface area contributed by atoms with Gasteiger partial charge in [0.15, 0.2) is 5.78 Å². The number of Topliss-reactive ketones (excluding diaryl/α,β-unsaturated/α-hetero) is 1. The van der Waals surface area contributed by atoms with Crippen LogP contribution in [0.5, 0.6) is 0 Å². The van der Waals surface area contributed by atoms with Crippen LogP contribution < -0.4 is 10.6 Å². The van der Waals surface area contributed by atoms with Gasteiger partial charge in [0.1, 0.15) is 0 Å². The number of anilines is 2. The Morgan fingerprint density at radius 2 is 1.95 bits per heavy atom. The van der Waals surface area contributed by atoms with Gasteiger partial charge in [0.05, 0.1) is 0 Å². The summed E-state index contributed by atoms with van der Waals surface area (Å²) in [4.78, 5) is 13.6. The van der Waals surface area contributed by atoms with Crippen LogP contribution >= 0.6 is 11.6 Å². The van der Waals surface area contributed by atoms with Gasteiger partial charge in [-0.2, -0.15) is 0 Å². The smallest absolute Gasteiger partial charge is 0.161 e. The van der Waals surface area contributed by atoms with Crippen molar-refractivity contribution >= 4 is 28.8 Å². The largest absolute Gasteiger partial charge is 0.398 e. The minimum Gasteiger partial charge on any atom is -0.398 e. The van der Waals surface area contributed by atoms with E-state index in [1.165, 1.54) is 6.92 Å². The lowest BCUT2D eigenvalue weighted by Gasteiger charge is -2.21. The number of benzene rings is 2. The maximum absolute atomic E-state index is 11.5. The van der Waals surface area contributed by atoms with Crippen molar-refractivity contribution in [2.45, 2.75) is 13.5 Å². The van der Waals surface area contributed by atoms with E-state index in [0.717, 1.165) is 16.3 Å². The fourth-order valence-electron chi connectivity index (χ4n) is 2.06. The van der Waals surface area contributed by atoms with Gasteiger partial charge >= 0.3 is 0 Å². The highest BCUT2D eigenvalue weighted by Crippen LogP contribution is 2.24. The Labute approximate surface area is 124 Å². The Bertz CT molecular complexity index is 640.